The maximum absolute atomic E-state index is 14.9. The first-order chi connectivity index (χ1) is 25.0. The van der Waals surface area contributed by atoms with E-state index in [0.29, 0.717) is 5.56 Å². The Bertz CT molecular complexity index is 1830. The van der Waals surface area contributed by atoms with Crippen LogP contribution >= 0.6 is 7.60 Å². The summed E-state index contributed by atoms with van der Waals surface area (Å²) in [7, 11) is -4.30. The molecule has 1 atom stereocenters. The Balaban J connectivity index is 1.67. The Morgan fingerprint density at radius 3 is 1.66 bits per heavy atom. The van der Waals surface area contributed by atoms with Crippen molar-refractivity contribution in [2.75, 3.05) is 4.90 Å². The second-order valence-electron chi connectivity index (χ2n) is 13.7. The van der Waals surface area contributed by atoms with Crippen molar-refractivity contribution in [1.82, 2.24) is 10.6 Å². The molecule has 0 heterocycles. The van der Waals surface area contributed by atoms with Gasteiger partial charge in [0.25, 0.3) is 0 Å². The van der Waals surface area contributed by atoms with Gasteiger partial charge >= 0.3 is 25.9 Å². The number of guanidine groups is 1. The third-order valence-corrected chi connectivity index (χ3v) is 8.88. The minimum Gasteiger partial charge on any atom is -0.445 e. The van der Waals surface area contributed by atoms with Crippen LogP contribution in [0.15, 0.2) is 115 Å². The van der Waals surface area contributed by atoms with Gasteiger partial charge in [0.15, 0.2) is 5.78 Å². The lowest BCUT2D eigenvalue weighted by molar-refractivity contribution is 0.0558. The number of hydrogen-bond donors (Lipinski definition) is 3. The number of ether oxygens (including phenoxy) is 3. The Kier molecular flexibility index (Phi) is 13.3. The number of amides is 3. The van der Waals surface area contributed by atoms with Crippen LogP contribution in [0, 0.1) is 5.41 Å². The minimum absolute atomic E-state index is 0.0404. The van der Waals surface area contributed by atoms with Crippen molar-refractivity contribution in [2.24, 2.45) is 0 Å². The highest BCUT2D eigenvalue weighted by Crippen LogP contribution is 2.53. The van der Waals surface area contributed by atoms with Crippen LogP contribution in [0.4, 0.5) is 20.1 Å². The lowest BCUT2D eigenvalue weighted by Crippen LogP contribution is -2.49. The third-order valence-electron chi connectivity index (χ3n) is 6.87. The molecule has 0 aliphatic rings. The number of carbonyl (C=O) groups excluding carboxylic acids is 3. The van der Waals surface area contributed by atoms with Gasteiger partial charge in [-0.3, -0.25) is 10.7 Å². The lowest BCUT2D eigenvalue weighted by Gasteiger charge is -2.29. The Morgan fingerprint density at radius 2 is 1.17 bits per heavy atom. The second kappa shape index (κ2) is 17.6. The zero-order valence-corrected chi connectivity index (χ0v) is 31.4. The standard InChI is InChI=1S/C39H45N4O9P/c1-38(2,3)49-36(45)42-34(40)43(37(46)50-39(4,5)6)30-24-22-28(23-25-30)26-33(41-35(44)48-27-29-16-10-7-11-17-29)53(47,51-31-18-12-8-13-19-31)52-32-20-14-9-15-21-32/h7-25,33H,26-27H2,1-6H3,(H,41,44)(H2,40,42,45). The van der Waals surface area contributed by atoms with Crippen LogP contribution < -0.4 is 24.6 Å². The fraction of sp³-hybridized carbons (Fsp3) is 0.282. The molecule has 0 radical (unpaired) electrons. The van der Waals surface area contributed by atoms with Gasteiger partial charge in [-0.15, -0.1) is 0 Å². The molecule has 0 saturated heterocycles. The number of alkyl carbamates (subject to hydrolysis) is 2. The first kappa shape index (κ1) is 40.0. The molecule has 280 valence electrons. The van der Waals surface area contributed by atoms with E-state index >= 15 is 0 Å². The molecular weight excluding hydrogens is 699 g/mol. The highest BCUT2D eigenvalue weighted by Gasteiger charge is 2.41. The summed E-state index contributed by atoms with van der Waals surface area (Å²) in [6, 6.07) is 32.2. The molecule has 4 aromatic carbocycles. The Labute approximate surface area is 309 Å². The van der Waals surface area contributed by atoms with Crippen molar-refractivity contribution in [3.05, 3.63) is 126 Å². The van der Waals surface area contributed by atoms with E-state index < -0.39 is 48.8 Å². The van der Waals surface area contributed by atoms with Gasteiger partial charge in [-0.1, -0.05) is 78.9 Å². The summed E-state index contributed by atoms with van der Waals surface area (Å²) in [6.07, 6.45) is -2.81. The van der Waals surface area contributed by atoms with E-state index in [1.54, 1.807) is 126 Å². The minimum atomic E-state index is -4.30. The van der Waals surface area contributed by atoms with Crippen molar-refractivity contribution < 1.29 is 42.2 Å². The number of benzene rings is 4. The van der Waals surface area contributed by atoms with Gasteiger partial charge in [0.2, 0.25) is 5.96 Å². The normalized spacial score (nSPS) is 12.0. The summed E-state index contributed by atoms with van der Waals surface area (Å²) in [5, 5.41) is 13.6. The van der Waals surface area contributed by atoms with Gasteiger partial charge in [-0.25, -0.2) is 23.8 Å². The SMILES string of the molecule is CC(C)(C)OC(=O)NC(=N)N(C(=O)OC(C)(C)C)c1ccc(CC(NC(=O)OCc2ccccc2)P(=O)(Oc2ccccc2)Oc2ccccc2)cc1. The fourth-order valence-electron chi connectivity index (χ4n) is 4.64. The van der Waals surface area contributed by atoms with E-state index in [-0.39, 0.29) is 30.2 Å². The van der Waals surface area contributed by atoms with Gasteiger partial charge in [0, 0.05) is 6.42 Å². The Hall–Kier alpha value is -5.81. The van der Waals surface area contributed by atoms with Gasteiger partial charge in [0.1, 0.15) is 29.3 Å². The van der Waals surface area contributed by atoms with Gasteiger partial charge < -0.3 is 28.6 Å². The third kappa shape index (κ3) is 13.0. The number of rotatable bonds is 11. The predicted octanol–water partition coefficient (Wildman–Crippen LogP) is 9.03. The molecule has 0 fully saturated rings. The molecule has 1 unspecified atom stereocenters. The van der Waals surface area contributed by atoms with E-state index in [4.69, 9.17) is 28.7 Å². The number of hydrogen-bond acceptors (Lipinski definition) is 10. The molecule has 0 saturated carbocycles. The summed E-state index contributed by atoms with van der Waals surface area (Å²) in [6.45, 7) is 9.97. The maximum atomic E-state index is 14.9. The van der Waals surface area contributed by atoms with Crippen molar-refractivity contribution in [3.8, 4) is 11.5 Å². The predicted molar refractivity (Wildman–Crippen MR) is 201 cm³/mol. The van der Waals surface area contributed by atoms with Crippen LogP contribution in [-0.2, 0) is 31.8 Å². The highest BCUT2D eigenvalue weighted by molar-refractivity contribution is 7.55. The molecule has 0 aliphatic carbocycles. The van der Waals surface area contributed by atoms with Gasteiger partial charge in [-0.05, 0) is 89.1 Å². The lowest BCUT2D eigenvalue weighted by atomic mass is 10.1. The first-order valence-corrected chi connectivity index (χ1v) is 18.4. The van der Waals surface area contributed by atoms with Gasteiger partial charge in [0.05, 0.1) is 5.69 Å². The Morgan fingerprint density at radius 1 is 0.679 bits per heavy atom. The van der Waals surface area contributed by atoms with E-state index in [1.165, 1.54) is 12.1 Å². The highest BCUT2D eigenvalue weighted by atomic mass is 31.2. The second-order valence-corrected chi connectivity index (χ2v) is 15.8. The molecule has 0 aliphatic heterocycles. The molecule has 0 spiro atoms. The summed E-state index contributed by atoms with van der Waals surface area (Å²) in [5.41, 5.74) is -0.324. The summed E-state index contributed by atoms with van der Waals surface area (Å²) < 4.78 is 43.3. The summed E-state index contributed by atoms with van der Waals surface area (Å²) in [5.74, 6) is -1.41. The monoisotopic (exact) mass is 744 g/mol. The summed E-state index contributed by atoms with van der Waals surface area (Å²) in [4.78, 5) is 40.0. The van der Waals surface area contributed by atoms with E-state index in [2.05, 4.69) is 10.6 Å². The molecule has 0 aromatic heterocycles. The molecular formula is C39H45N4O9P. The molecule has 4 rings (SSSR count). The average Bonchev–Trinajstić information content (AvgIpc) is 3.07. The maximum Gasteiger partial charge on any atom is 0.453 e. The zero-order valence-electron chi connectivity index (χ0n) is 30.5. The molecule has 0 bridgehead atoms. The topological polar surface area (TPSA) is 166 Å². The number of nitrogens with one attached hydrogen (secondary N) is 3. The number of nitrogens with zero attached hydrogens (tertiary/aromatic N) is 1. The van der Waals surface area contributed by atoms with Crippen LogP contribution in [-0.4, -0.2) is 41.2 Å². The van der Waals surface area contributed by atoms with Crippen LogP contribution in [0.2, 0.25) is 0 Å². The van der Waals surface area contributed by atoms with E-state index in [9.17, 15) is 18.9 Å². The number of carbonyl (C=O) groups is 3. The van der Waals surface area contributed by atoms with E-state index in [1.807, 2.05) is 18.2 Å². The molecule has 3 N–H and O–H groups in total. The van der Waals surface area contributed by atoms with E-state index in [0.717, 1.165) is 10.5 Å². The van der Waals surface area contributed by atoms with Gasteiger partial charge in [-0.2, -0.15) is 0 Å². The molecule has 4 aromatic rings. The first-order valence-electron chi connectivity index (χ1n) is 16.8. The smallest absolute Gasteiger partial charge is 0.445 e. The number of anilines is 1. The van der Waals surface area contributed by atoms with Crippen LogP contribution in [0.3, 0.4) is 0 Å². The molecule has 14 heteroatoms. The van der Waals surface area contributed by atoms with Crippen LogP contribution in [0.25, 0.3) is 0 Å². The van der Waals surface area contributed by atoms with Crippen LogP contribution in [0.1, 0.15) is 52.7 Å². The fourth-order valence-corrected chi connectivity index (χ4v) is 6.46. The number of para-hydroxylation sites is 2. The van der Waals surface area contributed by atoms with Crippen molar-refractivity contribution in [1.29, 1.82) is 5.41 Å². The van der Waals surface area contributed by atoms with Crippen molar-refractivity contribution in [2.45, 2.75) is 71.6 Å². The average molecular weight is 745 g/mol. The van der Waals surface area contributed by atoms with Crippen molar-refractivity contribution in [3.63, 3.8) is 0 Å². The largest absolute Gasteiger partial charge is 0.453 e. The molecule has 13 nitrogen and oxygen atoms in total. The summed E-state index contributed by atoms with van der Waals surface area (Å²) >= 11 is 0. The molecule has 3 amide bonds. The molecule has 53 heavy (non-hydrogen) atoms. The quantitative estimate of drug-likeness (QED) is 0.0588. The van der Waals surface area contributed by atoms with Crippen LogP contribution in [0.5, 0.6) is 11.5 Å². The van der Waals surface area contributed by atoms with Crippen molar-refractivity contribution >= 4 is 37.5 Å². The zero-order chi connectivity index (χ0) is 38.6.